The lowest BCUT2D eigenvalue weighted by Crippen LogP contribution is -2.51. The summed E-state index contributed by atoms with van der Waals surface area (Å²) in [6.45, 7) is 1.32. The van der Waals surface area contributed by atoms with Crippen LogP contribution in [0.4, 0.5) is 0 Å². The van der Waals surface area contributed by atoms with E-state index < -0.39 is 0 Å². The average Bonchev–Trinajstić information content (AvgIpc) is 3.05. The van der Waals surface area contributed by atoms with Crippen LogP contribution < -0.4 is 0 Å². The molecule has 6 heteroatoms. The molecule has 1 aromatic rings. The highest BCUT2D eigenvalue weighted by Gasteiger charge is 2.40. The maximum Gasteiger partial charge on any atom is 0.275 e. The molecule has 1 saturated heterocycles. The number of aromatic nitrogens is 2. The number of carbonyl (C=O) groups is 1. The van der Waals surface area contributed by atoms with Gasteiger partial charge in [0.05, 0.1) is 28.9 Å². The summed E-state index contributed by atoms with van der Waals surface area (Å²) in [5, 5.41) is 7.30. The van der Waals surface area contributed by atoms with Crippen LogP contribution in [0.3, 0.4) is 0 Å². The number of hydrogen-bond acceptors (Lipinski definition) is 3. The number of rotatable bonds is 2. The van der Waals surface area contributed by atoms with Crippen molar-refractivity contribution in [3.05, 3.63) is 15.9 Å². The number of nitrogens with zero attached hydrogens (tertiary/aromatic N) is 2. The van der Waals surface area contributed by atoms with Crippen molar-refractivity contribution in [3.63, 3.8) is 0 Å². The van der Waals surface area contributed by atoms with Crippen LogP contribution in [0.15, 0.2) is 4.47 Å². The Bertz CT molecular complexity index is 541. The molecule has 1 aliphatic heterocycles. The van der Waals surface area contributed by atoms with Crippen molar-refractivity contribution in [2.45, 2.75) is 50.2 Å². The van der Waals surface area contributed by atoms with Crippen molar-refractivity contribution in [3.8, 4) is 0 Å². The van der Waals surface area contributed by atoms with Crippen LogP contribution in [0, 0.1) is 0 Å². The Balaban J connectivity index is 1.59. The summed E-state index contributed by atoms with van der Waals surface area (Å²) in [7, 11) is 0. The van der Waals surface area contributed by atoms with E-state index in [0.29, 0.717) is 24.8 Å². The summed E-state index contributed by atoms with van der Waals surface area (Å²) in [5.74, 6) is 0.600. The van der Waals surface area contributed by atoms with Crippen molar-refractivity contribution in [2.75, 3.05) is 13.2 Å². The van der Waals surface area contributed by atoms with E-state index in [1.165, 1.54) is 12.8 Å². The molecular weight excluding hydrogens is 322 g/mol. The van der Waals surface area contributed by atoms with E-state index in [1.54, 1.807) is 0 Å². The van der Waals surface area contributed by atoms with Gasteiger partial charge in [-0.25, -0.2) is 0 Å². The Morgan fingerprint density at radius 1 is 1.35 bits per heavy atom. The average molecular weight is 340 g/mol. The Kier molecular flexibility index (Phi) is 3.11. The fourth-order valence-corrected chi connectivity index (χ4v) is 4.11. The van der Waals surface area contributed by atoms with Crippen molar-refractivity contribution in [1.82, 2.24) is 15.1 Å². The van der Waals surface area contributed by atoms with Gasteiger partial charge in [-0.3, -0.25) is 9.89 Å². The zero-order valence-electron chi connectivity index (χ0n) is 11.3. The first-order valence-electron chi connectivity index (χ1n) is 7.42. The number of ether oxygens (including phenoxy) is 1. The van der Waals surface area contributed by atoms with E-state index in [2.05, 4.69) is 26.1 Å². The molecule has 3 fully saturated rings. The lowest BCUT2D eigenvalue weighted by atomic mass is 10.1. The molecule has 2 saturated carbocycles. The molecule has 108 valence electrons. The van der Waals surface area contributed by atoms with Gasteiger partial charge in [-0.2, -0.15) is 5.10 Å². The van der Waals surface area contributed by atoms with Crippen LogP contribution >= 0.6 is 15.9 Å². The predicted molar refractivity (Wildman–Crippen MR) is 76.7 cm³/mol. The van der Waals surface area contributed by atoms with Crippen LogP contribution in [0.25, 0.3) is 0 Å². The molecule has 4 rings (SSSR count). The summed E-state index contributed by atoms with van der Waals surface area (Å²) in [5.41, 5.74) is 1.63. The molecule has 2 aliphatic carbocycles. The van der Waals surface area contributed by atoms with Gasteiger partial charge in [0.25, 0.3) is 5.91 Å². The van der Waals surface area contributed by atoms with Gasteiger partial charge in [0.2, 0.25) is 0 Å². The molecule has 2 atom stereocenters. The van der Waals surface area contributed by atoms with Gasteiger partial charge in [-0.1, -0.05) is 0 Å². The smallest absolute Gasteiger partial charge is 0.275 e. The molecule has 0 radical (unpaired) electrons. The third-order valence-corrected chi connectivity index (χ3v) is 5.47. The number of halogens is 1. The Morgan fingerprint density at radius 3 is 3.00 bits per heavy atom. The van der Waals surface area contributed by atoms with Crippen LogP contribution in [0.5, 0.6) is 0 Å². The number of carbonyl (C=O) groups excluding carboxylic acids is 1. The fourth-order valence-electron chi connectivity index (χ4n) is 3.44. The largest absolute Gasteiger partial charge is 0.374 e. The van der Waals surface area contributed by atoms with Gasteiger partial charge in [-0.05, 0) is 48.0 Å². The summed E-state index contributed by atoms with van der Waals surface area (Å²) >= 11 is 3.56. The second-order valence-corrected chi connectivity index (χ2v) is 6.77. The zero-order chi connectivity index (χ0) is 13.7. The van der Waals surface area contributed by atoms with Crippen LogP contribution in [-0.4, -0.2) is 46.3 Å². The molecule has 1 amide bonds. The van der Waals surface area contributed by atoms with Gasteiger partial charge in [0.15, 0.2) is 5.69 Å². The molecule has 0 aromatic carbocycles. The number of nitrogens with one attached hydrogen (secondary N) is 1. The van der Waals surface area contributed by atoms with Gasteiger partial charge >= 0.3 is 0 Å². The molecule has 2 unspecified atom stereocenters. The highest BCUT2D eigenvalue weighted by atomic mass is 79.9. The van der Waals surface area contributed by atoms with Gasteiger partial charge < -0.3 is 9.64 Å². The van der Waals surface area contributed by atoms with Crippen molar-refractivity contribution in [2.24, 2.45) is 0 Å². The summed E-state index contributed by atoms with van der Waals surface area (Å²) in [6, 6.07) is 0.240. The minimum atomic E-state index is 0.0419. The first kappa shape index (κ1) is 12.8. The fraction of sp³-hybridized carbons (Fsp3) is 0.714. The number of hydrogen-bond donors (Lipinski definition) is 1. The monoisotopic (exact) mass is 339 g/mol. The number of H-pyrrole nitrogens is 1. The minimum absolute atomic E-state index is 0.0419. The van der Waals surface area contributed by atoms with E-state index >= 15 is 0 Å². The van der Waals surface area contributed by atoms with E-state index in [1.807, 2.05) is 4.90 Å². The minimum Gasteiger partial charge on any atom is -0.374 e. The maximum absolute atomic E-state index is 12.8. The summed E-state index contributed by atoms with van der Waals surface area (Å²) in [4.78, 5) is 14.7. The van der Waals surface area contributed by atoms with Crippen LogP contribution in [0.1, 0.15) is 54.2 Å². The molecular formula is C14H18BrN3O2. The Labute approximate surface area is 126 Å². The van der Waals surface area contributed by atoms with Crippen molar-refractivity contribution in [1.29, 1.82) is 0 Å². The van der Waals surface area contributed by atoms with E-state index in [-0.39, 0.29) is 18.1 Å². The van der Waals surface area contributed by atoms with Crippen LogP contribution in [0.2, 0.25) is 0 Å². The number of amides is 1. The van der Waals surface area contributed by atoms with E-state index in [9.17, 15) is 4.79 Å². The highest BCUT2D eigenvalue weighted by molar-refractivity contribution is 9.10. The van der Waals surface area contributed by atoms with Crippen molar-refractivity contribution >= 4 is 21.8 Å². The second-order valence-electron chi connectivity index (χ2n) is 5.98. The maximum atomic E-state index is 12.8. The topological polar surface area (TPSA) is 58.2 Å². The molecule has 1 aromatic heterocycles. The van der Waals surface area contributed by atoms with Gasteiger partial charge in [-0.15, -0.1) is 0 Å². The molecule has 0 spiro atoms. The first-order valence-corrected chi connectivity index (χ1v) is 8.21. The lowest BCUT2D eigenvalue weighted by Gasteiger charge is -2.37. The zero-order valence-corrected chi connectivity index (χ0v) is 12.9. The summed E-state index contributed by atoms with van der Waals surface area (Å²) in [6.07, 6.45) is 5.88. The highest BCUT2D eigenvalue weighted by Crippen LogP contribution is 2.43. The van der Waals surface area contributed by atoms with E-state index in [4.69, 9.17) is 4.74 Å². The number of fused-ring (bicyclic) bond motifs is 1. The van der Waals surface area contributed by atoms with Gasteiger partial charge in [0, 0.05) is 12.5 Å². The first-order chi connectivity index (χ1) is 9.75. The molecule has 3 aliphatic rings. The molecule has 2 heterocycles. The third kappa shape index (κ3) is 2.00. The number of morpholine rings is 1. The van der Waals surface area contributed by atoms with Crippen molar-refractivity contribution < 1.29 is 9.53 Å². The van der Waals surface area contributed by atoms with Gasteiger partial charge in [0.1, 0.15) is 0 Å². The van der Waals surface area contributed by atoms with Crippen LogP contribution in [-0.2, 0) is 4.74 Å². The Morgan fingerprint density at radius 2 is 2.20 bits per heavy atom. The molecule has 5 nitrogen and oxygen atoms in total. The summed E-state index contributed by atoms with van der Waals surface area (Å²) < 4.78 is 6.63. The molecule has 1 N–H and O–H groups in total. The lowest BCUT2D eigenvalue weighted by molar-refractivity contribution is -0.0447. The predicted octanol–water partition coefficient (Wildman–Crippen LogP) is 2.44. The molecule has 0 bridgehead atoms. The Hall–Kier alpha value is -0.880. The standard InChI is InChI=1S/C14H18BrN3O2/c15-11-12(8-4-5-8)16-17-13(11)14(19)18-6-7-20-10-3-1-2-9(10)18/h8-10H,1-7H2,(H,16,17). The molecule has 20 heavy (non-hydrogen) atoms. The normalized spacial score (nSPS) is 29.6. The second kappa shape index (κ2) is 4.84. The quantitative estimate of drug-likeness (QED) is 0.900. The third-order valence-electron chi connectivity index (χ3n) is 4.66. The number of aromatic amines is 1. The van der Waals surface area contributed by atoms with E-state index in [0.717, 1.165) is 29.4 Å². The SMILES string of the molecule is O=C(c1n[nH]c(C2CC2)c1Br)N1CCOC2CCCC21.